The van der Waals surface area contributed by atoms with Crippen LogP contribution in [-0.2, 0) is 6.54 Å². The van der Waals surface area contributed by atoms with Crippen LogP contribution in [0.2, 0.25) is 0 Å². The molecule has 5 heteroatoms. The number of benzene rings is 1. The minimum atomic E-state index is 0.663. The summed E-state index contributed by atoms with van der Waals surface area (Å²) in [4.78, 5) is 0. The molecule has 1 aromatic heterocycles. The maximum absolute atomic E-state index is 5.85. The minimum absolute atomic E-state index is 0.663. The number of nitrogens with one attached hydrogen (secondary N) is 1. The summed E-state index contributed by atoms with van der Waals surface area (Å²) in [7, 11) is 3.27. The topological polar surface area (TPSA) is 52.9 Å². The molecule has 0 amide bonds. The highest BCUT2D eigenvalue weighted by Crippen LogP contribution is 2.36. The molecule has 0 aliphatic carbocycles. The summed E-state index contributed by atoms with van der Waals surface area (Å²) in [6, 6.07) is 9.54. The number of rotatable bonds is 12. The summed E-state index contributed by atoms with van der Waals surface area (Å²) in [5.41, 5.74) is 0. The summed E-state index contributed by atoms with van der Waals surface area (Å²) in [6.45, 7) is 2.46. The molecule has 2 rings (SSSR count). The number of furan rings is 1. The molecule has 0 fully saturated rings. The number of hydrogen-bond acceptors (Lipinski definition) is 5. The Labute approximate surface area is 143 Å². The average molecular weight is 333 g/mol. The lowest BCUT2D eigenvalue weighted by molar-refractivity contribution is 0.267. The molecule has 0 radical (unpaired) electrons. The lowest BCUT2D eigenvalue weighted by atomic mass is 10.2. The Balaban J connectivity index is 1.55. The van der Waals surface area contributed by atoms with E-state index in [0.29, 0.717) is 23.9 Å². The summed E-state index contributed by atoms with van der Waals surface area (Å²) in [6.07, 6.45) is 6.18. The number of methoxy groups -OCH3 is 2. The third-order valence-electron chi connectivity index (χ3n) is 3.76. The van der Waals surface area contributed by atoms with Crippen molar-refractivity contribution >= 4 is 0 Å². The highest BCUT2D eigenvalue weighted by molar-refractivity contribution is 5.51. The monoisotopic (exact) mass is 333 g/mol. The second-order valence-electron chi connectivity index (χ2n) is 5.51. The summed E-state index contributed by atoms with van der Waals surface area (Å²) in [5, 5.41) is 3.38. The number of hydrogen-bond donors (Lipinski definition) is 1. The highest BCUT2D eigenvalue weighted by atomic mass is 16.5. The van der Waals surface area contributed by atoms with E-state index in [-0.39, 0.29) is 0 Å². The van der Waals surface area contributed by atoms with Crippen molar-refractivity contribution in [1.29, 1.82) is 0 Å². The van der Waals surface area contributed by atoms with Gasteiger partial charge in [0.1, 0.15) is 5.76 Å². The Morgan fingerprint density at radius 1 is 0.917 bits per heavy atom. The van der Waals surface area contributed by atoms with Gasteiger partial charge in [-0.2, -0.15) is 0 Å². The van der Waals surface area contributed by atoms with Crippen molar-refractivity contribution in [3.63, 3.8) is 0 Å². The molecule has 1 aromatic carbocycles. The van der Waals surface area contributed by atoms with Crippen molar-refractivity contribution in [3.8, 4) is 17.2 Å². The van der Waals surface area contributed by atoms with Gasteiger partial charge in [-0.05, 0) is 43.7 Å². The zero-order valence-corrected chi connectivity index (χ0v) is 14.5. The van der Waals surface area contributed by atoms with Gasteiger partial charge in [-0.15, -0.1) is 0 Å². The average Bonchev–Trinajstić information content (AvgIpc) is 3.13. The maximum Gasteiger partial charge on any atom is 0.203 e. The molecule has 0 saturated heterocycles. The molecule has 0 bridgehead atoms. The molecule has 24 heavy (non-hydrogen) atoms. The van der Waals surface area contributed by atoms with Crippen LogP contribution >= 0.6 is 0 Å². The predicted molar refractivity (Wildman–Crippen MR) is 93.9 cm³/mol. The lowest BCUT2D eigenvalue weighted by Gasteiger charge is -2.14. The fourth-order valence-electron chi connectivity index (χ4n) is 2.46. The lowest BCUT2D eigenvalue weighted by Crippen LogP contribution is -2.14. The molecule has 5 nitrogen and oxygen atoms in total. The van der Waals surface area contributed by atoms with Gasteiger partial charge < -0.3 is 23.9 Å². The Morgan fingerprint density at radius 3 is 2.33 bits per heavy atom. The second kappa shape index (κ2) is 10.6. The number of unbranched alkanes of at least 4 members (excludes halogenated alkanes) is 3. The first-order valence-corrected chi connectivity index (χ1v) is 8.42. The third-order valence-corrected chi connectivity index (χ3v) is 3.76. The van der Waals surface area contributed by atoms with Gasteiger partial charge in [-0.1, -0.05) is 18.9 Å². The van der Waals surface area contributed by atoms with Crippen molar-refractivity contribution in [3.05, 3.63) is 42.4 Å². The van der Waals surface area contributed by atoms with Crippen LogP contribution in [-0.4, -0.2) is 27.4 Å². The van der Waals surface area contributed by atoms with E-state index < -0.39 is 0 Å². The maximum atomic E-state index is 5.85. The van der Waals surface area contributed by atoms with Gasteiger partial charge in [0.2, 0.25) is 5.75 Å². The minimum Gasteiger partial charge on any atom is -0.493 e. The van der Waals surface area contributed by atoms with Gasteiger partial charge in [-0.25, -0.2) is 0 Å². The van der Waals surface area contributed by atoms with E-state index in [4.69, 9.17) is 18.6 Å². The van der Waals surface area contributed by atoms with Crippen LogP contribution in [0.3, 0.4) is 0 Å². The fraction of sp³-hybridized carbons (Fsp3) is 0.474. The Kier molecular flexibility index (Phi) is 8.04. The zero-order chi connectivity index (χ0) is 17.0. The summed E-state index contributed by atoms with van der Waals surface area (Å²) < 4.78 is 21.8. The quantitative estimate of drug-likeness (QED) is 0.594. The largest absolute Gasteiger partial charge is 0.493 e. The molecular formula is C19H27NO4. The predicted octanol–water partition coefficient (Wildman–Crippen LogP) is 4.03. The van der Waals surface area contributed by atoms with E-state index in [1.165, 1.54) is 6.42 Å². The second-order valence-corrected chi connectivity index (χ2v) is 5.51. The molecule has 1 heterocycles. The normalized spacial score (nSPS) is 10.6. The van der Waals surface area contributed by atoms with E-state index >= 15 is 0 Å². The molecule has 0 unspecified atom stereocenters. The molecule has 0 atom stereocenters. The number of para-hydroxylation sites is 1. The Bertz CT molecular complexity index is 547. The van der Waals surface area contributed by atoms with Crippen LogP contribution in [0.15, 0.2) is 41.0 Å². The van der Waals surface area contributed by atoms with Crippen LogP contribution in [0.25, 0.3) is 0 Å². The Hall–Kier alpha value is -2.14. The fourth-order valence-corrected chi connectivity index (χ4v) is 2.46. The molecule has 132 valence electrons. The Morgan fingerprint density at radius 2 is 1.67 bits per heavy atom. The van der Waals surface area contributed by atoms with Crippen molar-refractivity contribution in [1.82, 2.24) is 5.32 Å². The van der Waals surface area contributed by atoms with Gasteiger partial charge in [0, 0.05) is 0 Å². The molecule has 2 aromatic rings. The third kappa shape index (κ3) is 5.81. The molecule has 0 aliphatic rings. The van der Waals surface area contributed by atoms with Crippen LogP contribution < -0.4 is 19.5 Å². The molecular weight excluding hydrogens is 306 g/mol. The standard InChI is InChI=1S/C19H27NO4/c1-21-17-10-7-11-18(22-2)19(17)24-13-6-4-3-5-12-20-15-16-9-8-14-23-16/h7-11,14,20H,3-6,12-13,15H2,1-2H3. The van der Waals surface area contributed by atoms with Gasteiger partial charge in [0.15, 0.2) is 11.5 Å². The van der Waals surface area contributed by atoms with E-state index in [2.05, 4.69) is 5.32 Å². The van der Waals surface area contributed by atoms with Crippen LogP contribution in [0.5, 0.6) is 17.2 Å². The zero-order valence-electron chi connectivity index (χ0n) is 14.5. The molecule has 0 spiro atoms. The molecule has 0 saturated carbocycles. The van der Waals surface area contributed by atoms with Gasteiger partial charge in [0.05, 0.1) is 33.6 Å². The van der Waals surface area contributed by atoms with Crippen molar-refractivity contribution in [2.24, 2.45) is 0 Å². The molecule has 1 N–H and O–H groups in total. The van der Waals surface area contributed by atoms with Crippen LogP contribution in [0, 0.1) is 0 Å². The first-order valence-electron chi connectivity index (χ1n) is 8.42. The first kappa shape index (κ1) is 18.2. The van der Waals surface area contributed by atoms with E-state index in [0.717, 1.165) is 38.1 Å². The smallest absolute Gasteiger partial charge is 0.203 e. The van der Waals surface area contributed by atoms with Crippen molar-refractivity contribution < 1.29 is 18.6 Å². The summed E-state index contributed by atoms with van der Waals surface area (Å²) >= 11 is 0. The summed E-state index contributed by atoms with van der Waals surface area (Å²) in [5.74, 6) is 3.07. The highest BCUT2D eigenvalue weighted by Gasteiger charge is 2.10. The van der Waals surface area contributed by atoms with Gasteiger partial charge in [-0.3, -0.25) is 0 Å². The van der Waals surface area contributed by atoms with E-state index in [1.54, 1.807) is 20.5 Å². The van der Waals surface area contributed by atoms with Gasteiger partial charge >= 0.3 is 0 Å². The SMILES string of the molecule is COc1cccc(OC)c1OCCCCCCNCc1ccco1. The van der Waals surface area contributed by atoms with Crippen molar-refractivity contribution in [2.75, 3.05) is 27.4 Å². The van der Waals surface area contributed by atoms with E-state index in [1.807, 2.05) is 30.3 Å². The molecule has 0 aliphatic heterocycles. The van der Waals surface area contributed by atoms with Crippen LogP contribution in [0.1, 0.15) is 31.4 Å². The first-order chi connectivity index (χ1) is 11.8. The number of ether oxygens (including phenoxy) is 3. The van der Waals surface area contributed by atoms with Gasteiger partial charge in [0.25, 0.3) is 0 Å². The van der Waals surface area contributed by atoms with Crippen LogP contribution in [0.4, 0.5) is 0 Å². The van der Waals surface area contributed by atoms with Crippen molar-refractivity contribution in [2.45, 2.75) is 32.2 Å². The van der Waals surface area contributed by atoms with E-state index in [9.17, 15) is 0 Å².